The smallest absolute Gasteiger partial charge is 0.0108 e. The molecular formula is C23H44. The van der Waals surface area contributed by atoms with Gasteiger partial charge in [0.2, 0.25) is 0 Å². The fraction of sp³-hybridized carbons (Fsp3) is 0.565. The maximum atomic E-state index is 3.93. The van der Waals surface area contributed by atoms with Crippen LogP contribution < -0.4 is 0 Å². The Bertz CT molecular complexity index is 333. The van der Waals surface area contributed by atoms with Crippen molar-refractivity contribution in [3.05, 3.63) is 62.3 Å². The lowest BCUT2D eigenvalue weighted by atomic mass is 9.69. The standard InChI is InChI=1S/C16H28.C4H6.C2H6.CH4/c1-9-11-13(10-2)14(16(6,7)8)12-15(3,4)5;1-3-4-2;1-2;/h9-11,14H,1-2,12H2,3-8H3;3-4H,1-2H2;1-2H3;1H4/b13-11+;;;. The van der Waals surface area contributed by atoms with Crippen LogP contribution in [-0.4, -0.2) is 0 Å². The van der Waals surface area contributed by atoms with E-state index in [4.69, 9.17) is 0 Å². The molecule has 0 radical (unpaired) electrons. The van der Waals surface area contributed by atoms with Gasteiger partial charge in [-0.05, 0) is 28.7 Å². The molecule has 136 valence electrons. The van der Waals surface area contributed by atoms with Gasteiger partial charge in [-0.3, -0.25) is 0 Å². The summed E-state index contributed by atoms with van der Waals surface area (Å²) >= 11 is 0. The summed E-state index contributed by atoms with van der Waals surface area (Å²) in [7, 11) is 0. The van der Waals surface area contributed by atoms with Crippen molar-refractivity contribution in [2.75, 3.05) is 0 Å². The molecule has 23 heavy (non-hydrogen) atoms. The van der Waals surface area contributed by atoms with Gasteiger partial charge < -0.3 is 0 Å². The Morgan fingerprint density at radius 3 is 1.39 bits per heavy atom. The van der Waals surface area contributed by atoms with E-state index in [1.165, 1.54) is 12.0 Å². The van der Waals surface area contributed by atoms with Crippen LogP contribution in [0.2, 0.25) is 0 Å². The molecule has 0 aromatic heterocycles. The fourth-order valence-electron chi connectivity index (χ4n) is 2.00. The maximum Gasteiger partial charge on any atom is -0.0108 e. The molecule has 0 nitrogen and oxygen atoms in total. The van der Waals surface area contributed by atoms with E-state index in [0.717, 1.165) is 0 Å². The summed E-state index contributed by atoms with van der Waals surface area (Å²) in [4.78, 5) is 0. The molecule has 0 aliphatic rings. The van der Waals surface area contributed by atoms with Crippen LogP contribution >= 0.6 is 0 Å². The van der Waals surface area contributed by atoms with Crippen molar-refractivity contribution in [2.24, 2.45) is 16.7 Å². The highest BCUT2D eigenvalue weighted by atomic mass is 14.3. The second-order valence-corrected chi connectivity index (χ2v) is 7.26. The SMILES string of the molecule is C.C=C/C=C(\C=C)C(CC(C)(C)C)C(C)(C)C.C=CC=C.CC. The van der Waals surface area contributed by atoms with Crippen LogP contribution in [0.3, 0.4) is 0 Å². The van der Waals surface area contributed by atoms with Crippen molar-refractivity contribution in [1.29, 1.82) is 0 Å². The van der Waals surface area contributed by atoms with E-state index < -0.39 is 0 Å². The third-order valence-electron chi connectivity index (χ3n) is 2.98. The topological polar surface area (TPSA) is 0 Å². The summed E-state index contributed by atoms with van der Waals surface area (Å²) in [6, 6.07) is 0. The first kappa shape index (κ1) is 29.7. The Morgan fingerprint density at radius 1 is 0.826 bits per heavy atom. The van der Waals surface area contributed by atoms with E-state index in [2.05, 4.69) is 73.9 Å². The quantitative estimate of drug-likeness (QED) is 0.446. The minimum absolute atomic E-state index is 0. The van der Waals surface area contributed by atoms with Gasteiger partial charge in [0.25, 0.3) is 0 Å². The Hall–Kier alpha value is -1.30. The van der Waals surface area contributed by atoms with Crippen LogP contribution in [0.1, 0.15) is 69.2 Å². The zero-order valence-corrected chi connectivity index (χ0v) is 16.5. The van der Waals surface area contributed by atoms with Crippen LogP contribution in [0.25, 0.3) is 0 Å². The Kier molecular flexibility index (Phi) is 20.1. The normalized spacial score (nSPS) is 12.1. The lowest BCUT2D eigenvalue weighted by molar-refractivity contribution is 0.199. The van der Waals surface area contributed by atoms with Gasteiger partial charge in [-0.25, -0.2) is 0 Å². The van der Waals surface area contributed by atoms with Crippen LogP contribution in [0, 0.1) is 16.7 Å². The highest BCUT2D eigenvalue weighted by Crippen LogP contribution is 2.40. The first-order chi connectivity index (χ1) is 10.0. The van der Waals surface area contributed by atoms with Crippen molar-refractivity contribution in [1.82, 2.24) is 0 Å². The van der Waals surface area contributed by atoms with Crippen LogP contribution in [0.15, 0.2) is 62.3 Å². The first-order valence-corrected chi connectivity index (χ1v) is 8.22. The van der Waals surface area contributed by atoms with Gasteiger partial charge in [-0.15, -0.1) is 0 Å². The van der Waals surface area contributed by atoms with E-state index >= 15 is 0 Å². The van der Waals surface area contributed by atoms with Gasteiger partial charge >= 0.3 is 0 Å². The second kappa shape index (κ2) is 15.6. The second-order valence-electron chi connectivity index (χ2n) is 7.26. The molecule has 0 spiro atoms. The number of hydrogen-bond acceptors (Lipinski definition) is 0. The Labute approximate surface area is 148 Å². The monoisotopic (exact) mass is 320 g/mol. The van der Waals surface area contributed by atoms with Crippen molar-refractivity contribution < 1.29 is 0 Å². The predicted molar refractivity (Wildman–Crippen MR) is 114 cm³/mol. The molecule has 1 unspecified atom stereocenters. The molecule has 0 aliphatic heterocycles. The van der Waals surface area contributed by atoms with Gasteiger partial charge in [-0.2, -0.15) is 0 Å². The maximum absolute atomic E-state index is 3.93. The highest BCUT2D eigenvalue weighted by Gasteiger charge is 2.30. The summed E-state index contributed by atoms with van der Waals surface area (Å²) in [5.41, 5.74) is 1.90. The van der Waals surface area contributed by atoms with Crippen LogP contribution in [-0.2, 0) is 0 Å². The predicted octanol–water partition coefficient (Wildman–Crippen LogP) is 8.40. The molecule has 0 fully saturated rings. The molecule has 0 aliphatic carbocycles. The van der Waals surface area contributed by atoms with Crippen molar-refractivity contribution in [3.63, 3.8) is 0 Å². The third kappa shape index (κ3) is 18.7. The average molecular weight is 321 g/mol. The van der Waals surface area contributed by atoms with E-state index in [9.17, 15) is 0 Å². The average Bonchev–Trinajstić information content (AvgIpc) is 2.43. The lowest BCUT2D eigenvalue weighted by Crippen LogP contribution is -2.26. The molecule has 0 amide bonds. The summed E-state index contributed by atoms with van der Waals surface area (Å²) in [6.45, 7) is 32.2. The summed E-state index contributed by atoms with van der Waals surface area (Å²) in [5, 5.41) is 0. The molecular weight excluding hydrogens is 276 g/mol. The van der Waals surface area contributed by atoms with E-state index in [0.29, 0.717) is 11.3 Å². The molecule has 0 aromatic rings. The first-order valence-electron chi connectivity index (χ1n) is 8.22. The number of hydrogen-bond donors (Lipinski definition) is 0. The molecule has 0 heteroatoms. The summed E-state index contributed by atoms with van der Waals surface area (Å²) in [6.07, 6.45) is 10.4. The Morgan fingerprint density at radius 2 is 1.22 bits per heavy atom. The minimum atomic E-state index is 0. The molecule has 0 saturated carbocycles. The van der Waals surface area contributed by atoms with E-state index in [-0.39, 0.29) is 12.8 Å². The third-order valence-corrected chi connectivity index (χ3v) is 2.98. The van der Waals surface area contributed by atoms with Crippen molar-refractivity contribution >= 4 is 0 Å². The zero-order chi connectivity index (χ0) is 18.4. The number of allylic oxidation sites excluding steroid dienone is 6. The summed E-state index contributed by atoms with van der Waals surface area (Å²) in [5.74, 6) is 0.531. The zero-order valence-electron chi connectivity index (χ0n) is 16.5. The fourth-order valence-corrected chi connectivity index (χ4v) is 2.00. The minimum Gasteiger partial charge on any atom is -0.0991 e. The van der Waals surface area contributed by atoms with Gasteiger partial charge in [0.05, 0.1) is 0 Å². The van der Waals surface area contributed by atoms with Gasteiger partial charge in [0.1, 0.15) is 0 Å². The highest BCUT2D eigenvalue weighted by molar-refractivity contribution is 5.25. The molecule has 0 rings (SSSR count). The van der Waals surface area contributed by atoms with Gasteiger partial charge in [-0.1, -0.05) is 120 Å². The van der Waals surface area contributed by atoms with Crippen molar-refractivity contribution in [3.8, 4) is 0 Å². The molecule has 0 aromatic carbocycles. The molecule has 0 saturated heterocycles. The molecule has 0 N–H and O–H groups in total. The Balaban J connectivity index is -0.000000223. The lowest BCUT2D eigenvalue weighted by Gasteiger charge is -2.36. The molecule has 0 heterocycles. The van der Waals surface area contributed by atoms with E-state index in [1.807, 2.05) is 26.0 Å². The number of rotatable bonds is 5. The largest absolute Gasteiger partial charge is 0.0991 e. The van der Waals surface area contributed by atoms with E-state index in [1.54, 1.807) is 12.2 Å². The molecule has 1 atom stereocenters. The van der Waals surface area contributed by atoms with Crippen molar-refractivity contribution in [2.45, 2.75) is 69.2 Å². The summed E-state index contributed by atoms with van der Waals surface area (Å²) < 4.78 is 0. The van der Waals surface area contributed by atoms with Crippen LogP contribution in [0.4, 0.5) is 0 Å². The molecule has 0 bridgehead atoms. The van der Waals surface area contributed by atoms with Crippen LogP contribution in [0.5, 0.6) is 0 Å². The van der Waals surface area contributed by atoms with Gasteiger partial charge in [0.15, 0.2) is 0 Å². The van der Waals surface area contributed by atoms with Gasteiger partial charge in [0, 0.05) is 0 Å².